The first kappa shape index (κ1) is 24.8. The zero-order valence-corrected chi connectivity index (χ0v) is 18.7. The van der Waals surface area contributed by atoms with Gasteiger partial charge in [0.25, 0.3) is 15.9 Å². The fourth-order valence-corrected chi connectivity index (χ4v) is 4.37. The smallest absolute Gasteiger partial charge is 0.416 e. The van der Waals surface area contributed by atoms with Gasteiger partial charge in [-0.1, -0.05) is 36.4 Å². The van der Waals surface area contributed by atoms with E-state index >= 15 is 0 Å². The number of methoxy groups -OCH3 is 1. The molecule has 3 aromatic rings. The predicted molar refractivity (Wildman–Crippen MR) is 121 cm³/mol. The van der Waals surface area contributed by atoms with Crippen LogP contribution in [0.4, 0.5) is 18.9 Å². The van der Waals surface area contributed by atoms with Crippen LogP contribution in [0.1, 0.15) is 11.1 Å². The predicted octanol–water partition coefficient (Wildman–Crippen LogP) is 4.06. The zero-order chi connectivity index (χ0) is 24.8. The Morgan fingerprint density at radius 1 is 1.03 bits per heavy atom. The first-order valence-electron chi connectivity index (χ1n) is 9.82. The molecule has 0 aromatic heterocycles. The number of carbonyl (C=O) groups excluding carboxylic acids is 1. The van der Waals surface area contributed by atoms with E-state index in [4.69, 9.17) is 4.74 Å². The van der Waals surface area contributed by atoms with E-state index in [0.717, 1.165) is 22.7 Å². The third-order valence-electron chi connectivity index (χ3n) is 4.58. The summed E-state index contributed by atoms with van der Waals surface area (Å²) in [6.07, 6.45) is -3.48. The minimum Gasteiger partial charge on any atom is -0.497 e. The summed E-state index contributed by atoms with van der Waals surface area (Å²) >= 11 is 0. The molecule has 178 valence electrons. The maximum atomic E-state index is 13.3. The SMILES string of the molecule is COc1cccc(N(CC(=O)N/N=C/c2cccc(C(F)(F)F)c2)S(=O)(=O)c2ccccc2)c1. The van der Waals surface area contributed by atoms with Crippen LogP contribution in [0.5, 0.6) is 5.75 Å². The number of alkyl halides is 3. The van der Waals surface area contributed by atoms with E-state index in [1.165, 1.54) is 43.5 Å². The van der Waals surface area contributed by atoms with E-state index in [-0.39, 0.29) is 16.1 Å². The standard InChI is InChI=1S/C23H20F3N3O4S/c1-33-20-10-6-9-19(14-20)29(34(31,32)21-11-3-2-4-12-21)16-22(30)28-27-15-17-7-5-8-18(13-17)23(24,25)26/h2-15H,16H2,1H3,(H,28,30)/b27-15+. The summed E-state index contributed by atoms with van der Waals surface area (Å²) in [5.74, 6) is -0.417. The molecule has 7 nitrogen and oxygen atoms in total. The van der Waals surface area contributed by atoms with Crippen LogP contribution in [0.2, 0.25) is 0 Å². The normalized spacial score (nSPS) is 11.9. The molecule has 0 unspecified atom stereocenters. The highest BCUT2D eigenvalue weighted by molar-refractivity contribution is 7.92. The fourth-order valence-electron chi connectivity index (χ4n) is 2.94. The third kappa shape index (κ3) is 6.13. The Bertz CT molecular complexity index is 1280. The van der Waals surface area contributed by atoms with Crippen LogP contribution in [-0.2, 0) is 21.0 Å². The monoisotopic (exact) mass is 491 g/mol. The van der Waals surface area contributed by atoms with E-state index in [1.54, 1.807) is 30.3 Å². The molecule has 0 saturated carbocycles. The number of hydrogen-bond donors (Lipinski definition) is 1. The zero-order valence-electron chi connectivity index (χ0n) is 17.9. The van der Waals surface area contributed by atoms with Crippen molar-refractivity contribution in [2.75, 3.05) is 18.0 Å². The fraction of sp³-hybridized carbons (Fsp3) is 0.130. The first-order valence-corrected chi connectivity index (χ1v) is 11.3. The quantitative estimate of drug-likeness (QED) is 0.380. The molecule has 0 aliphatic carbocycles. The molecule has 1 amide bonds. The van der Waals surface area contributed by atoms with Gasteiger partial charge in [0.2, 0.25) is 0 Å². The van der Waals surface area contributed by atoms with E-state index in [0.29, 0.717) is 5.75 Å². The molecule has 0 heterocycles. The van der Waals surface area contributed by atoms with E-state index in [9.17, 15) is 26.4 Å². The van der Waals surface area contributed by atoms with Gasteiger partial charge < -0.3 is 4.74 Å². The van der Waals surface area contributed by atoms with Crippen molar-refractivity contribution >= 4 is 27.8 Å². The number of carbonyl (C=O) groups is 1. The van der Waals surface area contributed by atoms with Crippen molar-refractivity contribution < 1.29 is 31.1 Å². The molecule has 3 aromatic carbocycles. The van der Waals surface area contributed by atoms with Crippen molar-refractivity contribution in [3.63, 3.8) is 0 Å². The number of ether oxygens (including phenoxy) is 1. The van der Waals surface area contributed by atoms with Crippen LogP contribution in [0.25, 0.3) is 0 Å². The van der Waals surface area contributed by atoms with E-state index in [1.807, 2.05) is 0 Å². The van der Waals surface area contributed by atoms with Crippen LogP contribution in [-0.4, -0.2) is 34.2 Å². The summed E-state index contributed by atoms with van der Waals surface area (Å²) in [6.45, 7) is -0.635. The topological polar surface area (TPSA) is 88.1 Å². The van der Waals surface area contributed by atoms with E-state index in [2.05, 4.69) is 10.5 Å². The number of nitrogens with zero attached hydrogens (tertiary/aromatic N) is 2. The molecule has 0 radical (unpaired) electrons. The number of anilines is 1. The summed E-state index contributed by atoms with van der Waals surface area (Å²) in [7, 11) is -2.71. The van der Waals surface area contributed by atoms with Gasteiger partial charge in [-0.3, -0.25) is 9.10 Å². The molecular formula is C23H20F3N3O4S. The summed E-state index contributed by atoms with van der Waals surface area (Å²) in [4.78, 5) is 12.5. The third-order valence-corrected chi connectivity index (χ3v) is 6.36. The lowest BCUT2D eigenvalue weighted by Crippen LogP contribution is -2.39. The number of halogens is 3. The van der Waals surface area contributed by atoms with Crippen molar-refractivity contribution in [3.8, 4) is 5.75 Å². The van der Waals surface area contributed by atoms with Crippen LogP contribution in [0, 0.1) is 0 Å². The molecule has 1 N–H and O–H groups in total. The highest BCUT2D eigenvalue weighted by Crippen LogP contribution is 2.29. The van der Waals surface area contributed by atoms with Gasteiger partial charge in [0.15, 0.2) is 0 Å². The molecule has 0 spiro atoms. The summed E-state index contributed by atoms with van der Waals surface area (Å²) in [5, 5.41) is 3.66. The number of sulfonamides is 1. The molecule has 3 rings (SSSR count). The molecule has 0 bridgehead atoms. The minimum absolute atomic E-state index is 0.0295. The van der Waals surface area contributed by atoms with Gasteiger partial charge in [-0.05, 0) is 42.0 Å². The van der Waals surface area contributed by atoms with Gasteiger partial charge >= 0.3 is 6.18 Å². The molecule has 0 aliphatic heterocycles. The molecule has 0 fully saturated rings. The van der Waals surface area contributed by atoms with Gasteiger partial charge in [-0.15, -0.1) is 0 Å². The number of hydrogen-bond acceptors (Lipinski definition) is 5. The second-order valence-corrected chi connectivity index (χ2v) is 8.80. The lowest BCUT2D eigenvalue weighted by atomic mass is 10.1. The van der Waals surface area contributed by atoms with Crippen molar-refractivity contribution in [1.82, 2.24) is 5.43 Å². The van der Waals surface area contributed by atoms with Gasteiger partial charge in [0.05, 0.1) is 29.5 Å². The number of hydrazone groups is 1. The van der Waals surface area contributed by atoms with Gasteiger partial charge in [0.1, 0.15) is 12.3 Å². The maximum Gasteiger partial charge on any atom is 0.416 e. The van der Waals surface area contributed by atoms with Crippen molar-refractivity contribution in [1.29, 1.82) is 0 Å². The summed E-state index contributed by atoms with van der Waals surface area (Å²) < 4.78 is 71.1. The first-order chi connectivity index (χ1) is 16.1. The van der Waals surface area contributed by atoms with Crippen LogP contribution >= 0.6 is 0 Å². The van der Waals surface area contributed by atoms with Gasteiger partial charge in [0, 0.05) is 6.07 Å². The molecule has 0 aliphatic rings. The van der Waals surface area contributed by atoms with Crippen LogP contribution in [0.3, 0.4) is 0 Å². The number of benzene rings is 3. The highest BCUT2D eigenvalue weighted by Gasteiger charge is 2.30. The Labute approximate surface area is 194 Å². The van der Waals surface area contributed by atoms with Crippen molar-refractivity contribution in [2.45, 2.75) is 11.1 Å². The largest absolute Gasteiger partial charge is 0.497 e. The van der Waals surface area contributed by atoms with Crippen LogP contribution < -0.4 is 14.5 Å². The Hall–Kier alpha value is -3.86. The average molecular weight is 491 g/mol. The Kier molecular flexibility index (Phi) is 7.57. The summed E-state index contributed by atoms with van der Waals surface area (Å²) in [5.41, 5.74) is 1.58. The molecular weight excluding hydrogens is 471 g/mol. The molecule has 0 saturated heterocycles. The summed E-state index contributed by atoms with van der Waals surface area (Å²) in [6, 6.07) is 18.1. The Morgan fingerprint density at radius 2 is 1.74 bits per heavy atom. The second-order valence-electron chi connectivity index (χ2n) is 6.94. The minimum atomic E-state index is -4.52. The molecule has 34 heavy (non-hydrogen) atoms. The Morgan fingerprint density at radius 3 is 2.41 bits per heavy atom. The lowest BCUT2D eigenvalue weighted by Gasteiger charge is -2.24. The average Bonchev–Trinajstić information content (AvgIpc) is 2.82. The maximum absolute atomic E-state index is 13.3. The number of rotatable bonds is 8. The van der Waals surface area contributed by atoms with Crippen molar-refractivity contribution in [2.24, 2.45) is 5.10 Å². The number of nitrogens with one attached hydrogen (secondary N) is 1. The van der Waals surface area contributed by atoms with Crippen molar-refractivity contribution in [3.05, 3.63) is 90.0 Å². The second kappa shape index (κ2) is 10.4. The Balaban J connectivity index is 1.82. The van der Waals surface area contributed by atoms with Gasteiger partial charge in [-0.25, -0.2) is 13.8 Å². The lowest BCUT2D eigenvalue weighted by molar-refractivity contribution is -0.137. The van der Waals surface area contributed by atoms with E-state index < -0.39 is 34.2 Å². The number of amides is 1. The highest BCUT2D eigenvalue weighted by atomic mass is 32.2. The molecule has 11 heteroatoms. The molecule has 0 atom stereocenters. The van der Waals surface area contributed by atoms with Crippen LogP contribution in [0.15, 0.2) is 88.9 Å². The van der Waals surface area contributed by atoms with Gasteiger partial charge in [-0.2, -0.15) is 18.3 Å².